The summed E-state index contributed by atoms with van der Waals surface area (Å²) in [6.07, 6.45) is 0. The van der Waals surface area contributed by atoms with Crippen LogP contribution in [0, 0.1) is 6.92 Å². The molecule has 0 bridgehead atoms. The Morgan fingerprint density at radius 1 is 1.19 bits per heavy atom. The zero-order valence-electron chi connectivity index (χ0n) is 8.72. The summed E-state index contributed by atoms with van der Waals surface area (Å²) in [7, 11) is 0. The largest absolute Gasteiger partial charge is 0.307 e. The summed E-state index contributed by atoms with van der Waals surface area (Å²) < 4.78 is 2.39. The van der Waals surface area contributed by atoms with Gasteiger partial charge in [-0.05, 0) is 50.9 Å². The Bertz CT molecular complexity index is 457. The maximum absolute atomic E-state index is 3.53. The van der Waals surface area contributed by atoms with Crippen molar-refractivity contribution in [3.8, 4) is 0 Å². The van der Waals surface area contributed by atoms with Crippen molar-refractivity contribution in [3.63, 3.8) is 0 Å². The van der Waals surface area contributed by atoms with Crippen LogP contribution in [-0.4, -0.2) is 0 Å². The number of halogens is 2. The summed E-state index contributed by atoms with van der Waals surface area (Å²) >= 11 is 10.6. The summed E-state index contributed by atoms with van der Waals surface area (Å²) in [5.41, 5.74) is 0. The molecular formula is C11H11Br2NS2. The zero-order chi connectivity index (χ0) is 11.5. The Hall–Kier alpha value is 0.320. The third-order valence-electron chi connectivity index (χ3n) is 2.13. The van der Waals surface area contributed by atoms with Gasteiger partial charge in [0.15, 0.2) is 0 Å². The van der Waals surface area contributed by atoms with E-state index in [9.17, 15) is 0 Å². The van der Waals surface area contributed by atoms with Gasteiger partial charge in [-0.25, -0.2) is 0 Å². The van der Waals surface area contributed by atoms with Gasteiger partial charge in [0.1, 0.15) is 0 Å². The molecule has 0 radical (unpaired) electrons. The van der Waals surface area contributed by atoms with E-state index in [2.05, 4.69) is 61.6 Å². The van der Waals surface area contributed by atoms with E-state index in [1.54, 1.807) is 11.3 Å². The molecule has 0 saturated carbocycles. The molecule has 2 rings (SSSR count). The van der Waals surface area contributed by atoms with Gasteiger partial charge >= 0.3 is 0 Å². The van der Waals surface area contributed by atoms with Gasteiger partial charge in [0.25, 0.3) is 0 Å². The van der Waals surface area contributed by atoms with E-state index in [1.165, 1.54) is 23.6 Å². The Morgan fingerprint density at radius 2 is 1.94 bits per heavy atom. The van der Waals surface area contributed by atoms with Crippen LogP contribution in [0.4, 0.5) is 0 Å². The standard InChI is InChI=1S/C11H11Br2NS2/c1-7-11(13)3-10(16-7)5-14-4-9-2-8(12)6-15-9/h2-3,6,14H,4-5H2,1H3. The molecule has 2 heterocycles. The highest BCUT2D eigenvalue weighted by molar-refractivity contribution is 9.10. The molecule has 0 aliphatic rings. The first-order chi connectivity index (χ1) is 7.65. The second-order valence-corrected chi connectivity index (χ2v) is 7.56. The second kappa shape index (κ2) is 5.78. The van der Waals surface area contributed by atoms with Crippen molar-refractivity contribution in [2.45, 2.75) is 20.0 Å². The minimum atomic E-state index is 0.935. The molecule has 2 aromatic rings. The molecule has 0 saturated heterocycles. The Kier molecular flexibility index (Phi) is 4.61. The molecule has 0 aliphatic carbocycles. The van der Waals surface area contributed by atoms with E-state index in [4.69, 9.17) is 0 Å². The molecule has 2 aromatic heterocycles. The normalized spacial score (nSPS) is 10.9. The number of rotatable bonds is 4. The molecule has 0 aliphatic heterocycles. The first-order valence-corrected chi connectivity index (χ1v) is 8.12. The van der Waals surface area contributed by atoms with Gasteiger partial charge in [-0.15, -0.1) is 22.7 Å². The van der Waals surface area contributed by atoms with E-state index in [0.717, 1.165) is 13.1 Å². The minimum absolute atomic E-state index is 0.935. The molecule has 0 fully saturated rings. The van der Waals surface area contributed by atoms with Crippen LogP contribution in [0.15, 0.2) is 26.5 Å². The van der Waals surface area contributed by atoms with Crippen molar-refractivity contribution < 1.29 is 0 Å². The maximum Gasteiger partial charge on any atom is 0.0314 e. The molecular weight excluding hydrogens is 370 g/mol. The van der Waals surface area contributed by atoms with Crippen molar-refractivity contribution in [2.24, 2.45) is 0 Å². The highest BCUT2D eigenvalue weighted by atomic mass is 79.9. The van der Waals surface area contributed by atoms with Crippen LogP contribution < -0.4 is 5.32 Å². The number of hydrogen-bond acceptors (Lipinski definition) is 3. The molecule has 16 heavy (non-hydrogen) atoms. The fraction of sp³-hybridized carbons (Fsp3) is 0.273. The van der Waals surface area contributed by atoms with E-state index in [1.807, 2.05) is 11.3 Å². The number of nitrogens with one attached hydrogen (secondary N) is 1. The summed E-state index contributed by atoms with van der Waals surface area (Å²) in [6.45, 7) is 4.01. The summed E-state index contributed by atoms with van der Waals surface area (Å²) in [4.78, 5) is 4.08. The van der Waals surface area contributed by atoms with E-state index >= 15 is 0 Å². The highest BCUT2D eigenvalue weighted by Crippen LogP contribution is 2.26. The van der Waals surface area contributed by atoms with Gasteiger partial charge in [0.2, 0.25) is 0 Å². The Morgan fingerprint density at radius 3 is 2.50 bits per heavy atom. The lowest BCUT2D eigenvalue weighted by Gasteiger charge is -1.99. The lowest BCUT2D eigenvalue weighted by atomic mass is 10.4. The van der Waals surface area contributed by atoms with E-state index < -0.39 is 0 Å². The Balaban J connectivity index is 1.84. The van der Waals surface area contributed by atoms with Crippen molar-refractivity contribution in [3.05, 3.63) is 41.1 Å². The average molecular weight is 381 g/mol. The van der Waals surface area contributed by atoms with Crippen LogP contribution in [0.3, 0.4) is 0 Å². The predicted molar refractivity (Wildman–Crippen MR) is 79.3 cm³/mol. The zero-order valence-corrected chi connectivity index (χ0v) is 13.5. The summed E-state index contributed by atoms with van der Waals surface area (Å²) in [5, 5.41) is 5.56. The van der Waals surface area contributed by atoms with Crippen LogP contribution >= 0.6 is 54.5 Å². The number of aryl methyl sites for hydroxylation is 1. The van der Waals surface area contributed by atoms with Crippen LogP contribution in [0.5, 0.6) is 0 Å². The topological polar surface area (TPSA) is 12.0 Å². The van der Waals surface area contributed by atoms with Gasteiger partial charge in [-0.3, -0.25) is 0 Å². The van der Waals surface area contributed by atoms with E-state index in [0.29, 0.717) is 0 Å². The third kappa shape index (κ3) is 3.40. The molecule has 0 aromatic carbocycles. The molecule has 1 nitrogen and oxygen atoms in total. The molecule has 5 heteroatoms. The lowest BCUT2D eigenvalue weighted by Crippen LogP contribution is -2.10. The monoisotopic (exact) mass is 379 g/mol. The van der Waals surface area contributed by atoms with Gasteiger partial charge in [0, 0.05) is 42.0 Å². The molecule has 0 unspecified atom stereocenters. The molecule has 0 spiro atoms. The lowest BCUT2D eigenvalue weighted by molar-refractivity contribution is 0.708. The van der Waals surface area contributed by atoms with Crippen molar-refractivity contribution >= 4 is 54.5 Å². The minimum Gasteiger partial charge on any atom is -0.307 e. The van der Waals surface area contributed by atoms with Crippen LogP contribution in [0.2, 0.25) is 0 Å². The fourth-order valence-corrected chi connectivity index (χ4v) is 4.35. The maximum atomic E-state index is 3.53. The van der Waals surface area contributed by atoms with Crippen molar-refractivity contribution in [1.29, 1.82) is 0 Å². The first kappa shape index (κ1) is 12.8. The van der Waals surface area contributed by atoms with Gasteiger partial charge < -0.3 is 5.32 Å². The highest BCUT2D eigenvalue weighted by Gasteiger charge is 2.02. The fourth-order valence-electron chi connectivity index (χ4n) is 1.36. The number of hydrogen-bond donors (Lipinski definition) is 1. The quantitative estimate of drug-likeness (QED) is 0.792. The van der Waals surface area contributed by atoms with Gasteiger partial charge in [0.05, 0.1) is 0 Å². The molecule has 1 N–H and O–H groups in total. The first-order valence-electron chi connectivity index (χ1n) is 4.83. The Labute approximate surface area is 120 Å². The molecule has 0 amide bonds. The second-order valence-electron chi connectivity index (χ2n) is 3.45. The van der Waals surface area contributed by atoms with Crippen molar-refractivity contribution in [1.82, 2.24) is 5.32 Å². The summed E-state index contributed by atoms with van der Waals surface area (Å²) in [6, 6.07) is 4.35. The molecule has 0 atom stereocenters. The van der Waals surface area contributed by atoms with Gasteiger partial charge in [-0.1, -0.05) is 0 Å². The smallest absolute Gasteiger partial charge is 0.0314 e. The average Bonchev–Trinajstić information content (AvgIpc) is 2.75. The number of thiophene rings is 2. The van der Waals surface area contributed by atoms with Crippen LogP contribution in [0.1, 0.15) is 14.6 Å². The van der Waals surface area contributed by atoms with E-state index in [-0.39, 0.29) is 0 Å². The van der Waals surface area contributed by atoms with Crippen molar-refractivity contribution in [2.75, 3.05) is 0 Å². The van der Waals surface area contributed by atoms with Crippen LogP contribution in [-0.2, 0) is 13.1 Å². The van der Waals surface area contributed by atoms with Gasteiger partial charge in [-0.2, -0.15) is 0 Å². The predicted octanol–water partition coefficient (Wildman–Crippen LogP) is 4.93. The molecule has 86 valence electrons. The summed E-state index contributed by atoms with van der Waals surface area (Å²) in [5.74, 6) is 0. The SMILES string of the molecule is Cc1sc(CNCc2cc(Br)cs2)cc1Br. The third-order valence-corrected chi connectivity index (χ3v) is 5.96. The van der Waals surface area contributed by atoms with Crippen LogP contribution in [0.25, 0.3) is 0 Å².